The number of carbonyl (C=O) groups is 1. The lowest BCUT2D eigenvalue weighted by Gasteiger charge is -2.23. The zero-order chi connectivity index (χ0) is 27.1. The summed E-state index contributed by atoms with van der Waals surface area (Å²) in [7, 11) is 0.646. The van der Waals surface area contributed by atoms with Gasteiger partial charge in [0.15, 0.2) is 6.23 Å². The fourth-order valence-corrected chi connectivity index (χ4v) is 5.65. The Morgan fingerprint density at radius 2 is 2.03 bits per heavy atom. The number of benzene rings is 2. The summed E-state index contributed by atoms with van der Waals surface area (Å²) in [6.07, 6.45) is 8.46. The Morgan fingerprint density at radius 3 is 2.79 bits per heavy atom. The van der Waals surface area contributed by atoms with Crippen LogP contribution < -0.4 is 5.19 Å². The third-order valence-electron chi connectivity index (χ3n) is 6.94. The number of nitrogens with zero attached hydrogens (tertiary/aromatic N) is 6. The Bertz CT molecular complexity index is 1650. The second kappa shape index (κ2) is 10.1. The Kier molecular flexibility index (Phi) is 6.60. The molecule has 0 N–H and O–H groups in total. The molecule has 1 unspecified atom stereocenters. The number of aromatic nitrogens is 6. The Hall–Kier alpha value is -3.76. The molecular formula is C29H32N6O3Si. The van der Waals surface area contributed by atoms with Crippen LogP contribution in [0, 0.1) is 0 Å². The fourth-order valence-electron chi connectivity index (χ4n) is 5.08. The average molecular weight is 541 g/mol. The van der Waals surface area contributed by atoms with Crippen LogP contribution in [0.3, 0.4) is 0 Å². The third-order valence-corrected chi connectivity index (χ3v) is 7.81. The molecule has 39 heavy (non-hydrogen) atoms. The second-order valence-corrected chi connectivity index (χ2v) is 12.1. The van der Waals surface area contributed by atoms with Crippen LogP contribution in [0.15, 0.2) is 55.0 Å². The molecule has 1 saturated heterocycles. The van der Waals surface area contributed by atoms with E-state index < -0.39 is 11.7 Å². The minimum Gasteiger partial charge on any atom is -0.443 e. The lowest BCUT2D eigenvalue weighted by molar-refractivity contribution is -0.0366. The minimum atomic E-state index is -0.566. The van der Waals surface area contributed by atoms with Gasteiger partial charge in [-0.05, 0) is 63.8 Å². The summed E-state index contributed by atoms with van der Waals surface area (Å²) in [4.78, 5) is 12.7. The summed E-state index contributed by atoms with van der Waals surface area (Å²) in [6.45, 7) is 9.08. The molecule has 3 aromatic heterocycles. The van der Waals surface area contributed by atoms with Crippen LogP contribution in [0.2, 0.25) is 6.55 Å². The second-order valence-electron chi connectivity index (χ2n) is 11.0. The number of carbonyl (C=O) groups excluding carboxylic acids is 1. The third kappa shape index (κ3) is 5.14. The van der Waals surface area contributed by atoms with Crippen molar-refractivity contribution in [3.63, 3.8) is 0 Å². The molecule has 2 radical (unpaired) electrons. The zero-order valence-electron chi connectivity index (χ0n) is 22.7. The van der Waals surface area contributed by atoms with Crippen molar-refractivity contribution in [2.24, 2.45) is 0 Å². The van der Waals surface area contributed by atoms with Crippen LogP contribution in [0.5, 0.6) is 0 Å². The lowest BCUT2D eigenvalue weighted by atomic mass is 10.1. The molecule has 0 amide bonds. The predicted octanol–water partition coefficient (Wildman–Crippen LogP) is 5.16. The predicted molar refractivity (Wildman–Crippen MR) is 152 cm³/mol. The van der Waals surface area contributed by atoms with Gasteiger partial charge < -0.3 is 9.47 Å². The van der Waals surface area contributed by atoms with Crippen molar-refractivity contribution < 1.29 is 14.3 Å². The number of ether oxygens (including phenoxy) is 2. The quantitative estimate of drug-likeness (QED) is 0.286. The molecule has 1 atom stereocenters. The van der Waals surface area contributed by atoms with E-state index in [0.717, 1.165) is 64.5 Å². The smallest absolute Gasteiger partial charge is 0.418 e. The van der Waals surface area contributed by atoms with Gasteiger partial charge in [-0.1, -0.05) is 35.1 Å². The standard InChI is InChI=1S/C29H32N6O3Si/c1-29(2,3)38-28(36)34-11-10-20-9-8-19(13-25(20)34)17-33-18-24(31-32-33)22-14-21(39-4)15-26-23(22)16-30-35(26)27-7-5-6-12-37-27/h8-11,13-16,18,27H,5-7,12,17H2,1-4H3. The van der Waals surface area contributed by atoms with E-state index in [4.69, 9.17) is 14.6 Å². The van der Waals surface area contributed by atoms with Gasteiger partial charge in [0.1, 0.15) is 11.3 Å². The van der Waals surface area contributed by atoms with E-state index in [1.807, 2.05) is 66.8 Å². The van der Waals surface area contributed by atoms with Crippen LogP contribution in [0.25, 0.3) is 33.1 Å². The van der Waals surface area contributed by atoms with Crippen LogP contribution in [-0.4, -0.2) is 57.2 Å². The molecule has 0 bridgehead atoms. The van der Waals surface area contributed by atoms with Crippen molar-refractivity contribution in [1.82, 2.24) is 29.3 Å². The molecule has 200 valence electrons. The highest BCUT2D eigenvalue weighted by Gasteiger charge is 2.22. The first-order valence-corrected chi connectivity index (χ1v) is 14.8. The molecule has 1 aliphatic rings. The molecule has 0 spiro atoms. The van der Waals surface area contributed by atoms with Crippen molar-refractivity contribution in [1.29, 1.82) is 0 Å². The topological polar surface area (TPSA) is 89.0 Å². The number of fused-ring (bicyclic) bond motifs is 2. The van der Waals surface area contributed by atoms with Crippen molar-refractivity contribution in [2.75, 3.05) is 6.61 Å². The molecule has 1 fully saturated rings. The summed E-state index contributed by atoms with van der Waals surface area (Å²) in [5.74, 6) is 0. The minimum absolute atomic E-state index is 0.0234. The monoisotopic (exact) mass is 540 g/mol. The summed E-state index contributed by atoms with van der Waals surface area (Å²) >= 11 is 0. The van der Waals surface area contributed by atoms with Crippen LogP contribution >= 0.6 is 0 Å². The van der Waals surface area contributed by atoms with E-state index in [0.29, 0.717) is 16.1 Å². The van der Waals surface area contributed by atoms with Gasteiger partial charge in [-0.2, -0.15) is 5.10 Å². The van der Waals surface area contributed by atoms with Gasteiger partial charge in [0.2, 0.25) is 0 Å². The van der Waals surface area contributed by atoms with Gasteiger partial charge in [0.05, 0.1) is 39.5 Å². The van der Waals surface area contributed by atoms with E-state index >= 15 is 0 Å². The number of hydrogen-bond acceptors (Lipinski definition) is 6. The maximum Gasteiger partial charge on any atom is 0.418 e. The Balaban J connectivity index is 1.30. The maximum absolute atomic E-state index is 12.7. The first-order valence-electron chi connectivity index (χ1n) is 13.3. The summed E-state index contributed by atoms with van der Waals surface area (Å²) < 4.78 is 17.0. The SMILES string of the molecule is C[Si]c1cc(-c2cn(Cc3ccc4ccn(C(=O)OC(C)(C)C)c4c3)nn2)c2cnn(C3CCCCO3)c2c1. The summed E-state index contributed by atoms with van der Waals surface area (Å²) in [5, 5.41) is 17.0. The van der Waals surface area contributed by atoms with Gasteiger partial charge in [-0.25, -0.2) is 14.2 Å². The Labute approximate surface area is 229 Å². The average Bonchev–Trinajstić information content (AvgIpc) is 3.66. The molecule has 0 saturated carbocycles. The van der Waals surface area contributed by atoms with E-state index in [1.54, 1.807) is 10.8 Å². The van der Waals surface area contributed by atoms with Gasteiger partial charge in [0.25, 0.3) is 0 Å². The van der Waals surface area contributed by atoms with Gasteiger partial charge in [-0.15, -0.1) is 5.10 Å². The lowest BCUT2D eigenvalue weighted by Crippen LogP contribution is -2.26. The van der Waals surface area contributed by atoms with E-state index in [2.05, 4.69) is 29.0 Å². The first kappa shape index (κ1) is 25.5. The summed E-state index contributed by atoms with van der Waals surface area (Å²) in [5.41, 5.74) is 4.16. The fraction of sp³-hybridized carbons (Fsp3) is 0.379. The molecule has 4 heterocycles. The maximum atomic E-state index is 12.7. The van der Waals surface area contributed by atoms with Crippen molar-refractivity contribution >= 4 is 42.6 Å². The highest BCUT2D eigenvalue weighted by atomic mass is 28.2. The van der Waals surface area contributed by atoms with Gasteiger partial charge in [0, 0.05) is 29.1 Å². The van der Waals surface area contributed by atoms with E-state index in [9.17, 15) is 4.79 Å². The molecule has 2 aromatic carbocycles. The molecule has 6 rings (SSSR count). The summed E-state index contributed by atoms with van der Waals surface area (Å²) in [6, 6.07) is 12.4. The molecule has 9 nitrogen and oxygen atoms in total. The molecule has 1 aliphatic heterocycles. The highest BCUT2D eigenvalue weighted by molar-refractivity contribution is 6.52. The molecule has 0 aliphatic carbocycles. The van der Waals surface area contributed by atoms with Crippen LogP contribution in [0.4, 0.5) is 4.79 Å². The van der Waals surface area contributed by atoms with E-state index in [1.165, 1.54) is 5.19 Å². The van der Waals surface area contributed by atoms with Crippen molar-refractivity contribution in [2.45, 2.75) is 65.0 Å². The molecule has 5 aromatic rings. The number of rotatable bonds is 5. The molecular weight excluding hydrogens is 508 g/mol. The highest BCUT2D eigenvalue weighted by Crippen LogP contribution is 2.31. The van der Waals surface area contributed by atoms with Gasteiger partial charge >= 0.3 is 6.09 Å². The van der Waals surface area contributed by atoms with Gasteiger partial charge in [-0.3, -0.25) is 4.57 Å². The van der Waals surface area contributed by atoms with Crippen LogP contribution in [-0.2, 0) is 16.0 Å². The molecule has 10 heteroatoms. The Morgan fingerprint density at radius 1 is 1.15 bits per heavy atom. The van der Waals surface area contributed by atoms with Crippen molar-refractivity contribution in [3.8, 4) is 11.3 Å². The van der Waals surface area contributed by atoms with Crippen LogP contribution in [0.1, 0.15) is 51.8 Å². The first-order chi connectivity index (χ1) is 18.8. The normalized spacial score (nSPS) is 16.3. The largest absolute Gasteiger partial charge is 0.443 e. The van der Waals surface area contributed by atoms with Crippen molar-refractivity contribution in [3.05, 3.63) is 60.6 Å². The van der Waals surface area contributed by atoms with E-state index in [-0.39, 0.29) is 6.23 Å². The number of hydrogen-bond donors (Lipinski definition) is 0. The zero-order valence-corrected chi connectivity index (χ0v) is 23.7.